The van der Waals surface area contributed by atoms with Crippen molar-refractivity contribution in [1.82, 2.24) is 5.32 Å². The lowest BCUT2D eigenvalue weighted by molar-refractivity contribution is -0.124. The van der Waals surface area contributed by atoms with Gasteiger partial charge in [0.2, 0.25) is 0 Å². The minimum Gasteiger partial charge on any atom is -0.484 e. The molecule has 1 aromatic carbocycles. The van der Waals surface area contributed by atoms with Crippen LogP contribution in [0.2, 0.25) is 0 Å². The van der Waals surface area contributed by atoms with Crippen LogP contribution in [0, 0.1) is 0 Å². The van der Waals surface area contributed by atoms with Gasteiger partial charge in [-0.2, -0.15) is 0 Å². The van der Waals surface area contributed by atoms with Crippen molar-refractivity contribution in [3.63, 3.8) is 0 Å². The quantitative estimate of drug-likeness (QED) is 0.777. The molecule has 1 aromatic rings. The number of ether oxygens (including phenoxy) is 2. The number of carbonyl (C=O) groups is 1. The van der Waals surface area contributed by atoms with Gasteiger partial charge in [-0.05, 0) is 43.5 Å². The highest BCUT2D eigenvalue weighted by molar-refractivity contribution is 7.80. The number of hydrogen-bond acceptors (Lipinski definition) is 4. The summed E-state index contributed by atoms with van der Waals surface area (Å²) >= 11 is 4.87. The second-order valence-corrected chi connectivity index (χ2v) is 5.41. The molecule has 1 saturated heterocycles. The molecule has 1 heterocycles. The molecule has 1 unspecified atom stereocenters. The fourth-order valence-corrected chi connectivity index (χ4v) is 2.25. The van der Waals surface area contributed by atoms with E-state index in [2.05, 4.69) is 5.32 Å². The van der Waals surface area contributed by atoms with E-state index in [4.69, 9.17) is 27.4 Å². The van der Waals surface area contributed by atoms with E-state index in [1.807, 2.05) is 0 Å². The summed E-state index contributed by atoms with van der Waals surface area (Å²) in [5, 5.41) is 2.82. The maximum Gasteiger partial charge on any atom is 0.258 e. The van der Waals surface area contributed by atoms with Gasteiger partial charge >= 0.3 is 0 Å². The Morgan fingerprint density at radius 3 is 2.76 bits per heavy atom. The zero-order valence-electron chi connectivity index (χ0n) is 11.8. The van der Waals surface area contributed by atoms with Gasteiger partial charge in [-0.25, -0.2) is 0 Å². The molecular weight excluding hydrogens is 288 g/mol. The van der Waals surface area contributed by atoms with Crippen LogP contribution in [-0.2, 0) is 9.53 Å². The fraction of sp³-hybridized carbons (Fsp3) is 0.467. The number of amides is 1. The maximum absolute atomic E-state index is 11.7. The Bertz CT molecular complexity index is 484. The van der Waals surface area contributed by atoms with Gasteiger partial charge in [0.05, 0.1) is 6.10 Å². The topological polar surface area (TPSA) is 73.6 Å². The van der Waals surface area contributed by atoms with Gasteiger partial charge in [0, 0.05) is 18.7 Å². The molecule has 0 aromatic heterocycles. The minimum absolute atomic E-state index is 0.0147. The van der Waals surface area contributed by atoms with Gasteiger partial charge in [-0.1, -0.05) is 12.2 Å². The molecule has 5 nitrogen and oxygen atoms in total. The van der Waals surface area contributed by atoms with Crippen molar-refractivity contribution < 1.29 is 14.3 Å². The van der Waals surface area contributed by atoms with Crippen LogP contribution in [0.3, 0.4) is 0 Å². The standard InChI is InChI=1S/C15H20N2O3S/c16-15(21)11-4-6-12(7-5-11)20-10-14(18)17-9-13-3-1-2-8-19-13/h4-7,13H,1-3,8-10H2,(H2,16,21)(H,17,18). The molecule has 0 saturated carbocycles. The number of carbonyl (C=O) groups excluding carboxylic acids is 1. The molecule has 0 bridgehead atoms. The lowest BCUT2D eigenvalue weighted by Crippen LogP contribution is -2.37. The first-order valence-electron chi connectivity index (χ1n) is 7.06. The summed E-state index contributed by atoms with van der Waals surface area (Å²) in [7, 11) is 0. The lowest BCUT2D eigenvalue weighted by Gasteiger charge is -2.22. The van der Waals surface area contributed by atoms with E-state index in [0.29, 0.717) is 17.3 Å². The normalized spacial score (nSPS) is 18.0. The molecule has 1 aliphatic rings. The predicted octanol–water partition coefficient (Wildman–Crippen LogP) is 1.38. The number of benzene rings is 1. The van der Waals surface area contributed by atoms with Crippen molar-refractivity contribution in [2.75, 3.05) is 19.8 Å². The number of nitrogens with two attached hydrogens (primary N) is 1. The Labute approximate surface area is 129 Å². The van der Waals surface area contributed by atoms with E-state index in [1.54, 1.807) is 24.3 Å². The summed E-state index contributed by atoms with van der Waals surface area (Å²) in [5.41, 5.74) is 6.29. The van der Waals surface area contributed by atoms with Gasteiger partial charge in [0.15, 0.2) is 6.61 Å². The van der Waals surface area contributed by atoms with Crippen molar-refractivity contribution in [3.05, 3.63) is 29.8 Å². The van der Waals surface area contributed by atoms with Crippen molar-refractivity contribution in [2.45, 2.75) is 25.4 Å². The van der Waals surface area contributed by atoms with Crippen LogP contribution in [0.1, 0.15) is 24.8 Å². The van der Waals surface area contributed by atoms with E-state index in [1.165, 1.54) is 0 Å². The zero-order chi connectivity index (χ0) is 15.1. The summed E-state index contributed by atoms with van der Waals surface area (Å²) in [4.78, 5) is 12.0. The van der Waals surface area contributed by atoms with Gasteiger partial charge in [0.1, 0.15) is 10.7 Å². The van der Waals surface area contributed by atoms with Crippen LogP contribution in [0.5, 0.6) is 5.75 Å². The monoisotopic (exact) mass is 308 g/mol. The molecule has 0 aliphatic carbocycles. The third-order valence-corrected chi connectivity index (χ3v) is 3.55. The minimum atomic E-state index is -0.150. The third-order valence-electron chi connectivity index (χ3n) is 3.31. The molecule has 21 heavy (non-hydrogen) atoms. The number of hydrogen-bond donors (Lipinski definition) is 2. The predicted molar refractivity (Wildman–Crippen MR) is 84.4 cm³/mol. The molecule has 2 rings (SSSR count). The molecule has 1 atom stereocenters. The van der Waals surface area contributed by atoms with Crippen molar-refractivity contribution in [2.24, 2.45) is 5.73 Å². The van der Waals surface area contributed by atoms with Crippen LogP contribution in [0.15, 0.2) is 24.3 Å². The number of thiocarbonyl (C=S) groups is 1. The van der Waals surface area contributed by atoms with Crippen LogP contribution in [0.4, 0.5) is 0 Å². The molecular formula is C15H20N2O3S. The van der Waals surface area contributed by atoms with Crippen molar-refractivity contribution in [3.8, 4) is 5.75 Å². The lowest BCUT2D eigenvalue weighted by atomic mass is 10.1. The fourth-order valence-electron chi connectivity index (χ4n) is 2.11. The average molecular weight is 308 g/mol. The smallest absolute Gasteiger partial charge is 0.258 e. The van der Waals surface area contributed by atoms with Gasteiger partial charge in [-0.15, -0.1) is 0 Å². The molecule has 0 spiro atoms. The second-order valence-electron chi connectivity index (χ2n) is 4.97. The molecule has 1 aliphatic heterocycles. The molecule has 6 heteroatoms. The largest absolute Gasteiger partial charge is 0.484 e. The highest BCUT2D eigenvalue weighted by Gasteiger charge is 2.14. The SMILES string of the molecule is NC(=S)c1ccc(OCC(=O)NCC2CCCCO2)cc1. The van der Waals surface area contributed by atoms with E-state index in [-0.39, 0.29) is 18.6 Å². The Kier molecular flexibility index (Phi) is 5.95. The third kappa shape index (κ3) is 5.32. The molecule has 3 N–H and O–H groups in total. The van der Waals surface area contributed by atoms with E-state index >= 15 is 0 Å². The first-order valence-corrected chi connectivity index (χ1v) is 7.47. The number of rotatable bonds is 6. The highest BCUT2D eigenvalue weighted by Crippen LogP contribution is 2.13. The van der Waals surface area contributed by atoms with Crippen molar-refractivity contribution >= 4 is 23.1 Å². The molecule has 1 amide bonds. The first kappa shape index (κ1) is 15.7. The van der Waals surface area contributed by atoms with E-state index < -0.39 is 0 Å². The Hall–Kier alpha value is -1.66. The molecule has 1 fully saturated rings. The molecule has 114 valence electrons. The summed E-state index contributed by atoms with van der Waals surface area (Å²) in [6.07, 6.45) is 3.40. The van der Waals surface area contributed by atoms with Crippen LogP contribution in [-0.4, -0.2) is 36.8 Å². The summed E-state index contributed by atoms with van der Waals surface area (Å²) in [6, 6.07) is 7.02. The zero-order valence-corrected chi connectivity index (χ0v) is 12.7. The summed E-state index contributed by atoms with van der Waals surface area (Å²) in [5.74, 6) is 0.460. The van der Waals surface area contributed by atoms with Crippen molar-refractivity contribution in [1.29, 1.82) is 0 Å². The van der Waals surface area contributed by atoms with Gasteiger partial charge < -0.3 is 20.5 Å². The maximum atomic E-state index is 11.7. The Morgan fingerprint density at radius 2 is 2.14 bits per heavy atom. The van der Waals surface area contributed by atoms with Gasteiger partial charge in [0.25, 0.3) is 5.91 Å². The number of nitrogens with one attached hydrogen (secondary N) is 1. The van der Waals surface area contributed by atoms with E-state index in [0.717, 1.165) is 31.4 Å². The van der Waals surface area contributed by atoms with Crippen LogP contribution >= 0.6 is 12.2 Å². The van der Waals surface area contributed by atoms with E-state index in [9.17, 15) is 4.79 Å². The first-order chi connectivity index (χ1) is 10.1. The van der Waals surface area contributed by atoms with Gasteiger partial charge in [-0.3, -0.25) is 4.79 Å². The summed E-state index contributed by atoms with van der Waals surface area (Å²) < 4.78 is 11.0. The average Bonchev–Trinajstić information content (AvgIpc) is 2.52. The van der Waals surface area contributed by atoms with Crippen LogP contribution < -0.4 is 15.8 Å². The second kappa shape index (κ2) is 7.95. The summed E-state index contributed by atoms with van der Waals surface area (Å²) in [6.45, 7) is 1.31. The Balaban J connectivity index is 1.69. The molecule has 0 radical (unpaired) electrons. The highest BCUT2D eigenvalue weighted by atomic mass is 32.1. The van der Waals surface area contributed by atoms with Crippen LogP contribution in [0.25, 0.3) is 0 Å². The Morgan fingerprint density at radius 1 is 1.38 bits per heavy atom.